The molecule has 0 aliphatic carbocycles. The van der Waals surface area contributed by atoms with Crippen molar-refractivity contribution in [3.63, 3.8) is 0 Å². The van der Waals surface area contributed by atoms with E-state index in [2.05, 4.69) is 19.9 Å². The molecular weight excluding hydrogens is 390 g/mol. The molecule has 4 rings (SSSR count). The summed E-state index contributed by atoms with van der Waals surface area (Å²) in [6, 6.07) is 9.61. The fraction of sp³-hybridized carbons (Fsp3) is 0.381. The van der Waals surface area contributed by atoms with Crippen molar-refractivity contribution >= 4 is 34.4 Å². The number of anilines is 1. The van der Waals surface area contributed by atoms with Gasteiger partial charge in [0.15, 0.2) is 0 Å². The molecule has 1 aliphatic heterocycles. The highest BCUT2D eigenvalue weighted by atomic mass is 35.5. The first kappa shape index (κ1) is 19.7. The topological polar surface area (TPSA) is 108 Å². The summed E-state index contributed by atoms with van der Waals surface area (Å²) in [7, 11) is 0. The Hall–Kier alpha value is -2.64. The van der Waals surface area contributed by atoms with Crippen LogP contribution < -0.4 is 10.6 Å². The lowest BCUT2D eigenvalue weighted by Gasteiger charge is -2.43. The molecule has 1 fully saturated rings. The van der Waals surface area contributed by atoms with E-state index >= 15 is 0 Å². The molecule has 2 unspecified atom stereocenters. The Balaban J connectivity index is 1.77. The molecule has 4 N–H and O–H groups in total. The second kappa shape index (κ2) is 8.39. The molecular formula is C21H24ClN5O2. The second-order valence-electron chi connectivity index (χ2n) is 7.49. The molecule has 0 bridgehead atoms. The number of H-pyrrole nitrogens is 1. The number of carbonyl (C=O) groups excluding carboxylic acids is 1. The third-order valence-corrected chi connectivity index (χ3v) is 6.11. The quantitative estimate of drug-likeness (QED) is 0.575. The van der Waals surface area contributed by atoms with Gasteiger partial charge in [-0.15, -0.1) is 0 Å². The van der Waals surface area contributed by atoms with Crippen LogP contribution in [0.3, 0.4) is 0 Å². The number of fused-ring (bicyclic) bond motifs is 1. The summed E-state index contributed by atoms with van der Waals surface area (Å²) in [6.07, 6.45) is 5.25. The Kier molecular flexibility index (Phi) is 5.69. The summed E-state index contributed by atoms with van der Waals surface area (Å²) in [5.74, 6) is 0.362. The van der Waals surface area contributed by atoms with Crippen LogP contribution in [0.2, 0.25) is 5.02 Å². The number of halogens is 1. The zero-order valence-electron chi connectivity index (χ0n) is 16.0. The number of rotatable bonds is 6. The Morgan fingerprint density at radius 1 is 1.31 bits per heavy atom. The maximum Gasteiger partial charge on any atom is 0.220 e. The van der Waals surface area contributed by atoms with E-state index in [4.69, 9.17) is 17.3 Å². The van der Waals surface area contributed by atoms with E-state index in [0.717, 1.165) is 22.4 Å². The number of aromatic nitrogens is 3. The summed E-state index contributed by atoms with van der Waals surface area (Å²) in [4.78, 5) is 26.2. The molecule has 1 saturated heterocycles. The van der Waals surface area contributed by atoms with Gasteiger partial charge < -0.3 is 20.7 Å². The summed E-state index contributed by atoms with van der Waals surface area (Å²) >= 11 is 6.08. The molecule has 8 heteroatoms. The van der Waals surface area contributed by atoms with Gasteiger partial charge in [0.25, 0.3) is 0 Å². The molecule has 0 radical (unpaired) electrons. The Bertz CT molecular complexity index is 990. The van der Waals surface area contributed by atoms with E-state index in [-0.39, 0.29) is 30.4 Å². The van der Waals surface area contributed by atoms with E-state index < -0.39 is 0 Å². The monoisotopic (exact) mass is 413 g/mol. The molecule has 3 atom stereocenters. The lowest BCUT2D eigenvalue weighted by atomic mass is 9.79. The first-order valence-electron chi connectivity index (χ1n) is 9.79. The highest BCUT2D eigenvalue weighted by Crippen LogP contribution is 2.39. The molecule has 29 heavy (non-hydrogen) atoms. The fourth-order valence-corrected chi connectivity index (χ4v) is 4.54. The number of aliphatic hydroxyl groups is 1. The van der Waals surface area contributed by atoms with Crippen molar-refractivity contribution in [2.45, 2.75) is 31.2 Å². The second-order valence-corrected chi connectivity index (χ2v) is 7.93. The number of hydrogen-bond acceptors (Lipinski definition) is 5. The normalized spacial score (nSPS) is 20.7. The third kappa shape index (κ3) is 3.93. The molecule has 3 aromatic rings. The first-order chi connectivity index (χ1) is 14.1. The van der Waals surface area contributed by atoms with Crippen LogP contribution in [0.5, 0.6) is 0 Å². The number of aliphatic hydroxyl groups excluding tert-OH is 1. The maximum absolute atomic E-state index is 12.0. The molecule has 1 aromatic carbocycles. The average molecular weight is 414 g/mol. The van der Waals surface area contributed by atoms with Crippen LogP contribution in [0.1, 0.15) is 30.7 Å². The van der Waals surface area contributed by atoms with Crippen LogP contribution in [-0.2, 0) is 4.79 Å². The zero-order valence-corrected chi connectivity index (χ0v) is 16.7. The van der Waals surface area contributed by atoms with E-state index in [1.165, 1.54) is 0 Å². The van der Waals surface area contributed by atoms with Crippen molar-refractivity contribution < 1.29 is 9.90 Å². The summed E-state index contributed by atoms with van der Waals surface area (Å²) < 4.78 is 0. The summed E-state index contributed by atoms with van der Waals surface area (Å²) in [5, 5.41) is 11.4. The predicted octanol–water partition coefficient (Wildman–Crippen LogP) is 2.85. The molecule has 0 spiro atoms. The number of piperidine rings is 1. The van der Waals surface area contributed by atoms with Crippen LogP contribution in [0.4, 0.5) is 5.82 Å². The van der Waals surface area contributed by atoms with Crippen molar-refractivity contribution in [3.05, 3.63) is 53.4 Å². The standard InChI is InChI=1S/C21H24ClN5O2/c22-15-3-1-13(2-4-15)16(7-10-28)18-11-14(19(23)29)6-9-27(18)21-17-5-8-24-20(17)25-12-26-21/h1-5,8,12,14,16,18,28H,6-7,9-11H2,(H2,23,29)(H,24,25,26)/t14?,16-,18?/m0/s1. The van der Waals surface area contributed by atoms with Gasteiger partial charge in [-0.3, -0.25) is 4.79 Å². The van der Waals surface area contributed by atoms with E-state index in [9.17, 15) is 9.90 Å². The van der Waals surface area contributed by atoms with Crippen LogP contribution in [-0.4, -0.2) is 45.2 Å². The fourth-order valence-electron chi connectivity index (χ4n) is 4.42. The van der Waals surface area contributed by atoms with Crippen LogP contribution >= 0.6 is 11.6 Å². The van der Waals surface area contributed by atoms with Crippen molar-refractivity contribution in [3.8, 4) is 0 Å². The zero-order chi connectivity index (χ0) is 20.4. The summed E-state index contributed by atoms with van der Waals surface area (Å²) in [5.41, 5.74) is 7.51. The first-order valence-corrected chi connectivity index (χ1v) is 10.2. The van der Waals surface area contributed by atoms with Crippen molar-refractivity contribution in [2.75, 3.05) is 18.1 Å². The average Bonchev–Trinajstić information content (AvgIpc) is 3.21. The summed E-state index contributed by atoms with van der Waals surface area (Å²) in [6.45, 7) is 0.702. The van der Waals surface area contributed by atoms with Crippen LogP contribution in [0, 0.1) is 5.92 Å². The van der Waals surface area contributed by atoms with Gasteiger partial charge in [0.1, 0.15) is 17.8 Å². The van der Waals surface area contributed by atoms with E-state index in [1.807, 2.05) is 36.5 Å². The number of hydrogen-bond donors (Lipinski definition) is 3. The van der Waals surface area contributed by atoms with Gasteiger partial charge in [0.05, 0.1) is 5.39 Å². The molecule has 2 aromatic heterocycles. The number of primary amides is 1. The lowest BCUT2D eigenvalue weighted by molar-refractivity contribution is -0.122. The molecule has 1 aliphatic rings. The largest absolute Gasteiger partial charge is 0.396 e. The molecule has 7 nitrogen and oxygen atoms in total. The lowest BCUT2D eigenvalue weighted by Crippen LogP contribution is -2.49. The minimum absolute atomic E-state index is 0.00312. The highest BCUT2D eigenvalue weighted by Gasteiger charge is 2.37. The highest BCUT2D eigenvalue weighted by molar-refractivity contribution is 6.30. The van der Waals surface area contributed by atoms with Crippen LogP contribution in [0.15, 0.2) is 42.9 Å². The number of benzene rings is 1. The number of carbonyl (C=O) groups is 1. The molecule has 3 heterocycles. The Morgan fingerprint density at radius 3 is 2.83 bits per heavy atom. The molecule has 0 saturated carbocycles. The van der Waals surface area contributed by atoms with Gasteiger partial charge >= 0.3 is 0 Å². The van der Waals surface area contributed by atoms with Gasteiger partial charge in [-0.05, 0) is 43.0 Å². The number of amides is 1. The minimum Gasteiger partial charge on any atom is -0.396 e. The van der Waals surface area contributed by atoms with Crippen molar-refractivity contribution in [1.29, 1.82) is 0 Å². The van der Waals surface area contributed by atoms with Crippen LogP contribution in [0.25, 0.3) is 11.0 Å². The maximum atomic E-state index is 12.0. The predicted molar refractivity (Wildman–Crippen MR) is 113 cm³/mol. The molecule has 152 valence electrons. The third-order valence-electron chi connectivity index (χ3n) is 5.85. The minimum atomic E-state index is -0.275. The number of nitrogens with one attached hydrogen (secondary N) is 1. The van der Waals surface area contributed by atoms with Crippen molar-refractivity contribution in [1.82, 2.24) is 15.0 Å². The molecule has 1 amide bonds. The van der Waals surface area contributed by atoms with Gasteiger partial charge in [-0.25, -0.2) is 9.97 Å². The number of aromatic amines is 1. The van der Waals surface area contributed by atoms with E-state index in [1.54, 1.807) is 6.33 Å². The smallest absolute Gasteiger partial charge is 0.220 e. The Labute approximate surface area is 173 Å². The SMILES string of the molecule is NC(=O)C1CCN(c2ncnc3[nH]ccc23)C([C@@H](CCO)c2ccc(Cl)cc2)C1. The Morgan fingerprint density at radius 2 is 2.10 bits per heavy atom. The van der Waals surface area contributed by atoms with Crippen molar-refractivity contribution in [2.24, 2.45) is 11.7 Å². The van der Waals surface area contributed by atoms with Gasteiger partial charge in [0, 0.05) is 42.2 Å². The number of nitrogens with two attached hydrogens (primary N) is 1. The van der Waals surface area contributed by atoms with E-state index in [0.29, 0.717) is 30.8 Å². The van der Waals surface area contributed by atoms with Gasteiger partial charge in [0.2, 0.25) is 5.91 Å². The van der Waals surface area contributed by atoms with Gasteiger partial charge in [-0.2, -0.15) is 0 Å². The number of nitrogens with zero attached hydrogens (tertiary/aromatic N) is 3. The van der Waals surface area contributed by atoms with Gasteiger partial charge in [-0.1, -0.05) is 23.7 Å².